The molecule has 0 unspecified atom stereocenters. The summed E-state index contributed by atoms with van der Waals surface area (Å²) in [6, 6.07) is 6.13. The molecule has 1 rings (SSSR count). The number of hydrogen-bond donors (Lipinski definition) is 1. The van der Waals surface area contributed by atoms with Gasteiger partial charge in [-0.15, -0.1) is 0 Å². The minimum Gasteiger partial charge on any atom is -0.398 e. The van der Waals surface area contributed by atoms with Crippen molar-refractivity contribution < 1.29 is 0 Å². The third-order valence-corrected chi connectivity index (χ3v) is 1.85. The summed E-state index contributed by atoms with van der Waals surface area (Å²) in [6.45, 7) is 4.14. The monoisotopic (exact) mass is 161 g/mol. The Balaban J connectivity index is 2.89. The van der Waals surface area contributed by atoms with Crippen LogP contribution in [0.4, 0.5) is 5.69 Å². The van der Waals surface area contributed by atoms with Gasteiger partial charge in [-0.1, -0.05) is 31.2 Å². The van der Waals surface area contributed by atoms with Crippen molar-refractivity contribution in [1.29, 1.82) is 0 Å². The van der Waals surface area contributed by atoms with E-state index in [-0.39, 0.29) is 0 Å². The zero-order valence-electron chi connectivity index (χ0n) is 7.67. The molecule has 0 atom stereocenters. The number of nitrogens with two attached hydrogens (primary N) is 1. The Morgan fingerprint density at radius 3 is 2.75 bits per heavy atom. The summed E-state index contributed by atoms with van der Waals surface area (Å²) < 4.78 is 0. The molecule has 0 aliphatic carbocycles. The van der Waals surface area contributed by atoms with Crippen molar-refractivity contribution in [2.45, 2.75) is 20.3 Å². The van der Waals surface area contributed by atoms with Crippen LogP contribution >= 0.6 is 0 Å². The second kappa shape index (κ2) is 3.96. The molecular weight excluding hydrogens is 146 g/mol. The highest BCUT2D eigenvalue weighted by atomic mass is 14.5. The van der Waals surface area contributed by atoms with Gasteiger partial charge in [0.25, 0.3) is 0 Å². The van der Waals surface area contributed by atoms with Gasteiger partial charge >= 0.3 is 0 Å². The van der Waals surface area contributed by atoms with E-state index in [1.165, 1.54) is 5.56 Å². The predicted octanol–water partition coefficient (Wildman–Crippen LogP) is 3.00. The Bertz CT molecular complexity index is 287. The average Bonchev–Trinajstić information content (AvgIpc) is 2.07. The van der Waals surface area contributed by atoms with Gasteiger partial charge in [-0.2, -0.15) is 0 Å². The number of benzene rings is 1. The molecular formula is C11H15N. The molecule has 0 saturated carbocycles. The van der Waals surface area contributed by atoms with Crippen molar-refractivity contribution in [2.24, 2.45) is 0 Å². The van der Waals surface area contributed by atoms with E-state index in [4.69, 9.17) is 5.73 Å². The maximum atomic E-state index is 5.76. The van der Waals surface area contributed by atoms with Crippen LogP contribution in [0, 0.1) is 6.92 Å². The zero-order valence-corrected chi connectivity index (χ0v) is 7.67. The summed E-state index contributed by atoms with van der Waals surface area (Å²) in [5, 5.41) is 0. The quantitative estimate of drug-likeness (QED) is 0.663. The Labute approximate surface area is 73.9 Å². The average molecular weight is 161 g/mol. The normalized spacial score (nSPS) is 10.8. The minimum absolute atomic E-state index is 0.869. The largest absolute Gasteiger partial charge is 0.398 e. The van der Waals surface area contributed by atoms with Gasteiger partial charge < -0.3 is 5.73 Å². The molecule has 0 aliphatic heterocycles. The van der Waals surface area contributed by atoms with E-state index in [1.54, 1.807) is 0 Å². The van der Waals surface area contributed by atoms with Gasteiger partial charge in [0.15, 0.2) is 0 Å². The topological polar surface area (TPSA) is 26.0 Å². The lowest BCUT2D eigenvalue weighted by molar-refractivity contribution is 1.23. The van der Waals surface area contributed by atoms with E-state index in [0.717, 1.165) is 17.7 Å². The first kappa shape index (κ1) is 8.85. The highest BCUT2D eigenvalue weighted by molar-refractivity contribution is 5.58. The van der Waals surface area contributed by atoms with Crippen molar-refractivity contribution in [3.8, 4) is 0 Å². The smallest absolute Gasteiger partial charge is 0.0349 e. The molecule has 0 radical (unpaired) electrons. The number of aryl methyl sites for hydroxylation is 1. The van der Waals surface area contributed by atoms with Crippen LogP contribution in [0.15, 0.2) is 24.3 Å². The molecule has 0 aliphatic rings. The fourth-order valence-electron chi connectivity index (χ4n) is 1.02. The molecule has 64 valence electrons. The van der Waals surface area contributed by atoms with Gasteiger partial charge in [0.1, 0.15) is 0 Å². The van der Waals surface area contributed by atoms with Crippen LogP contribution in [0.25, 0.3) is 6.08 Å². The molecule has 1 aromatic rings. The minimum atomic E-state index is 0.869. The third kappa shape index (κ3) is 2.12. The van der Waals surface area contributed by atoms with Crippen LogP contribution < -0.4 is 5.73 Å². The van der Waals surface area contributed by atoms with Crippen LogP contribution in [0.2, 0.25) is 0 Å². The summed E-state index contributed by atoms with van der Waals surface area (Å²) >= 11 is 0. The van der Waals surface area contributed by atoms with Crippen LogP contribution in [-0.2, 0) is 0 Å². The summed E-state index contributed by atoms with van der Waals surface area (Å²) in [5.74, 6) is 0. The first-order chi connectivity index (χ1) is 5.74. The highest BCUT2D eigenvalue weighted by Gasteiger charge is 1.92. The van der Waals surface area contributed by atoms with E-state index >= 15 is 0 Å². The first-order valence-electron chi connectivity index (χ1n) is 4.26. The lowest BCUT2D eigenvalue weighted by atomic mass is 10.1. The summed E-state index contributed by atoms with van der Waals surface area (Å²) in [4.78, 5) is 0. The number of hydrogen-bond acceptors (Lipinski definition) is 1. The Morgan fingerprint density at radius 2 is 2.17 bits per heavy atom. The van der Waals surface area contributed by atoms with Crippen LogP contribution in [0.3, 0.4) is 0 Å². The second-order valence-corrected chi connectivity index (χ2v) is 2.93. The van der Waals surface area contributed by atoms with Crippen molar-refractivity contribution >= 4 is 11.8 Å². The standard InChI is InChI=1S/C11H15N/c1-3-4-5-10-7-6-9(2)11(12)8-10/h4-8H,3,12H2,1-2H3/b5-4+. The van der Waals surface area contributed by atoms with Crippen molar-refractivity contribution in [1.82, 2.24) is 0 Å². The van der Waals surface area contributed by atoms with E-state index in [9.17, 15) is 0 Å². The maximum absolute atomic E-state index is 5.76. The highest BCUT2D eigenvalue weighted by Crippen LogP contribution is 2.13. The first-order valence-corrected chi connectivity index (χ1v) is 4.26. The maximum Gasteiger partial charge on any atom is 0.0349 e. The van der Waals surface area contributed by atoms with Crippen LogP contribution in [0.5, 0.6) is 0 Å². The summed E-state index contributed by atoms with van der Waals surface area (Å²) in [6.07, 6.45) is 5.29. The third-order valence-electron chi connectivity index (χ3n) is 1.85. The molecule has 1 aromatic carbocycles. The number of anilines is 1. The van der Waals surface area contributed by atoms with Gasteiger partial charge in [0.2, 0.25) is 0 Å². The number of rotatable bonds is 2. The van der Waals surface area contributed by atoms with Crippen molar-refractivity contribution in [3.63, 3.8) is 0 Å². The summed E-state index contributed by atoms with van der Waals surface area (Å²) in [7, 11) is 0. The SMILES string of the molecule is CC/C=C/c1ccc(C)c(N)c1. The Hall–Kier alpha value is -1.24. The lowest BCUT2D eigenvalue weighted by Crippen LogP contribution is -1.88. The molecule has 0 aromatic heterocycles. The van der Waals surface area contributed by atoms with Gasteiger partial charge in [-0.05, 0) is 30.5 Å². The zero-order chi connectivity index (χ0) is 8.97. The van der Waals surface area contributed by atoms with E-state index in [0.29, 0.717) is 0 Å². The van der Waals surface area contributed by atoms with Gasteiger partial charge in [0, 0.05) is 5.69 Å². The Kier molecular flexibility index (Phi) is 2.92. The number of allylic oxidation sites excluding steroid dienone is 1. The molecule has 0 spiro atoms. The lowest BCUT2D eigenvalue weighted by Gasteiger charge is -2.00. The van der Waals surface area contributed by atoms with Crippen LogP contribution in [-0.4, -0.2) is 0 Å². The molecule has 0 fully saturated rings. The molecule has 0 bridgehead atoms. The molecule has 0 amide bonds. The molecule has 1 heteroatoms. The van der Waals surface area contributed by atoms with Gasteiger partial charge in [0.05, 0.1) is 0 Å². The molecule has 2 N–H and O–H groups in total. The van der Waals surface area contributed by atoms with Crippen molar-refractivity contribution in [3.05, 3.63) is 35.4 Å². The van der Waals surface area contributed by atoms with E-state index < -0.39 is 0 Å². The molecule has 12 heavy (non-hydrogen) atoms. The number of nitrogen functional groups attached to an aromatic ring is 1. The summed E-state index contributed by atoms with van der Waals surface area (Å²) in [5.41, 5.74) is 8.95. The van der Waals surface area contributed by atoms with Crippen molar-refractivity contribution in [2.75, 3.05) is 5.73 Å². The second-order valence-electron chi connectivity index (χ2n) is 2.93. The van der Waals surface area contributed by atoms with E-state index in [1.807, 2.05) is 19.1 Å². The molecule has 0 saturated heterocycles. The predicted molar refractivity (Wildman–Crippen MR) is 54.9 cm³/mol. The van der Waals surface area contributed by atoms with Gasteiger partial charge in [-0.3, -0.25) is 0 Å². The Morgan fingerprint density at radius 1 is 1.42 bits per heavy atom. The fourth-order valence-corrected chi connectivity index (χ4v) is 1.02. The van der Waals surface area contributed by atoms with E-state index in [2.05, 4.69) is 25.1 Å². The fraction of sp³-hybridized carbons (Fsp3) is 0.273. The van der Waals surface area contributed by atoms with Crippen LogP contribution in [0.1, 0.15) is 24.5 Å². The van der Waals surface area contributed by atoms with Gasteiger partial charge in [-0.25, -0.2) is 0 Å². The molecule has 0 heterocycles. The molecule has 1 nitrogen and oxygen atoms in total.